The monoisotopic (exact) mass is 2100 g/mol. The number of fused-ring (bicyclic) bond motifs is 6. The fourth-order valence-electron chi connectivity index (χ4n) is 19.2. The number of morpholine rings is 4. The van der Waals surface area contributed by atoms with E-state index < -0.39 is 24.7 Å². The molecule has 4 saturated heterocycles. The lowest BCUT2D eigenvalue weighted by Crippen LogP contribution is -2.36. The van der Waals surface area contributed by atoms with E-state index in [1.54, 1.807) is 10.9 Å². The molecule has 0 bridgehead atoms. The Kier molecular flexibility index (Phi) is 28.4. The van der Waals surface area contributed by atoms with Crippen LogP contribution in [0.5, 0.6) is 0 Å². The third-order valence-electron chi connectivity index (χ3n) is 26.4. The van der Waals surface area contributed by atoms with E-state index in [2.05, 4.69) is 120 Å². The Labute approximate surface area is 874 Å². The first-order valence-corrected chi connectivity index (χ1v) is 51.6. The first-order chi connectivity index (χ1) is 73.8. The number of hydrogen-bond acceptors (Lipinski definition) is 37. The lowest BCUT2D eigenvalue weighted by atomic mass is 9.96. The number of thiophene rings is 2. The van der Waals surface area contributed by atoms with Crippen LogP contribution in [-0.4, -0.2) is 231 Å². The van der Waals surface area contributed by atoms with Crippen LogP contribution in [0.25, 0.3) is 65.8 Å². The quantitative estimate of drug-likeness (QED) is 0.0550. The second-order valence-corrected chi connectivity index (χ2v) is 39.5. The summed E-state index contributed by atoms with van der Waals surface area (Å²) in [7, 11) is 1.85. The highest BCUT2D eigenvalue weighted by Gasteiger charge is 2.37. The number of benzene rings is 9. The fraction of sp³-hybridized carbons (Fsp3) is 0.225. The molecule has 8 aliphatic rings. The molecule has 150 heavy (non-hydrogen) atoms. The highest BCUT2D eigenvalue weighted by Crippen LogP contribution is 2.47. The van der Waals surface area contributed by atoms with Crippen molar-refractivity contribution in [3.8, 4) is 44.6 Å². The zero-order valence-electron chi connectivity index (χ0n) is 80.9. The molecule has 0 unspecified atom stereocenters. The van der Waals surface area contributed by atoms with Crippen molar-refractivity contribution < 1.29 is 60.2 Å². The summed E-state index contributed by atoms with van der Waals surface area (Å²) < 4.78 is 55.1. The Bertz CT molecular complexity index is 7630. The fourth-order valence-corrected chi connectivity index (χ4v) is 21.8. The molecular weight excluding hydrogens is 2010 g/mol. The zero-order valence-corrected chi connectivity index (χ0v) is 84.2. The summed E-state index contributed by atoms with van der Waals surface area (Å²) in [6, 6.07) is 85.4. The highest BCUT2D eigenvalue weighted by atomic mass is 79.9. The first kappa shape index (κ1) is 96.6. The van der Waals surface area contributed by atoms with Crippen LogP contribution in [0.3, 0.4) is 0 Å². The van der Waals surface area contributed by atoms with Gasteiger partial charge in [0.15, 0.2) is 53.6 Å². The SMILES string of the molecule is Cn1cc(-c2nnc(N[C@H]3N=C(c4ccccc4)c4ccccc4CC3=O)o2)c(N2CCOCC2)n1.O=C1Cc2ccccc2C(c2ccccc2)=N[C@@H]1Nc1nnc(-c2oc3ccccc3c2N2CCOCC2)o1.O=C1Cc2ccccc2C(c2ccccc2)=N[C@@H]1Nc1nnc(-c2sc(Br)cc2N2CCOCC2)o1.O=C1Cc2ccccc2C(c2ccccc2)=N[C@@H]1Nc1nnc(-c2sc3ncccc3c2N2CCOCC2)o1. The average molecular weight is 2100 g/mol. The summed E-state index contributed by atoms with van der Waals surface area (Å²) in [6.07, 6.45) is 1.14. The molecule has 8 aliphatic heterocycles. The number of pyridine rings is 1. The van der Waals surface area contributed by atoms with Gasteiger partial charge in [-0.2, -0.15) is 5.10 Å². The zero-order chi connectivity index (χ0) is 101. The van der Waals surface area contributed by atoms with Crippen LogP contribution in [0.4, 0.5) is 46.9 Å². The van der Waals surface area contributed by atoms with Gasteiger partial charge in [-0.05, 0) is 68.5 Å². The van der Waals surface area contributed by atoms with Crippen LogP contribution in [-0.2, 0) is 70.9 Å². The molecule has 9 aromatic carbocycles. The number of Topliss-reactive ketones (excluding diaryl/α,β-unsaturated/α-hetero) is 4. The minimum Gasteiger partial charge on any atom is -0.449 e. The number of para-hydroxylation sites is 1. The summed E-state index contributed by atoms with van der Waals surface area (Å²) in [5.41, 5.74) is 18.6. The topological polar surface area (TPSA) is 415 Å². The smallest absolute Gasteiger partial charge is 0.317 e. The van der Waals surface area contributed by atoms with Crippen LogP contribution >= 0.6 is 38.6 Å². The Hall–Kier alpha value is -16.8. The number of halogens is 1. The molecule has 0 radical (unpaired) electrons. The number of carbonyl (C=O) groups excluding carboxylic acids is 4. The molecule has 4 atom stereocenters. The van der Waals surface area contributed by atoms with Crippen molar-refractivity contribution in [2.45, 2.75) is 50.3 Å². The molecule has 4 N–H and O–H groups in total. The molecule has 0 spiro atoms. The van der Waals surface area contributed by atoms with Gasteiger partial charge in [-0.25, -0.2) is 4.98 Å². The third-order valence-corrected chi connectivity index (χ3v) is 29.1. The van der Waals surface area contributed by atoms with Gasteiger partial charge in [-0.15, -0.1) is 43.1 Å². The maximum atomic E-state index is 13.3. The number of ketones is 4. The Morgan fingerprint density at radius 3 is 1.11 bits per heavy atom. The number of anilines is 8. The van der Waals surface area contributed by atoms with Gasteiger partial charge in [0, 0.05) is 153 Å². The lowest BCUT2D eigenvalue weighted by Gasteiger charge is -2.29. The predicted molar refractivity (Wildman–Crippen MR) is 575 cm³/mol. The van der Waals surface area contributed by atoms with Crippen LogP contribution in [0.15, 0.2) is 319 Å². The second-order valence-electron chi connectivity index (χ2n) is 36.0. The van der Waals surface area contributed by atoms with Gasteiger partial charge in [-0.3, -0.25) is 43.8 Å². The van der Waals surface area contributed by atoms with Gasteiger partial charge in [-0.1, -0.05) is 251 Å². The minimum atomic E-state index is -0.893. The van der Waals surface area contributed by atoms with E-state index in [0.717, 1.165) is 205 Å². The normalized spacial score (nSPS) is 17.7. The van der Waals surface area contributed by atoms with E-state index >= 15 is 0 Å². The molecular formula is C111H96BrN23O13S2. The highest BCUT2D eigenvalue weighted by molar-refractivity contribution is 9.11. The van der Waals surface area contributed by atoms with Crippen molar-refractivity contribution in [3.05, 3.63) is 344 Å². The molecule has 9 aromatic heterocycles. The van der Waals surface area contributed by atoms with E-state index in [-0.39, 0.29) is 78.8 Å². The summed E-state index contributed by atoms with van der Waals surface area (Å²) in [6.45, 7) is 11.2. The number of carbonyl (C=O) groups is 4. The molecule has 4 fully saturated rings. The molecule has 17 heterocycles. The molecule has 0 saturated carbocycles. The molecule has 0 amide bonds. The van der Waals surface area contributed by atoms with E-state index in [4.69, 9.17) is 61.0 Å². The summed E-state index contributed by atoms with van der Waals surface area (Å²) >= 11 is 6.63. The van der Waals surface area contributed by atoms with Gasteiger partial charge in [0.05, 0.1) is 96.6 Å². The maximum Gasteiger partial charge on any atom is 0.317 e. The van der Waals surface area contributed by atoms with Crippen molar-refractivity contribution in [1.29, 1.82) is 0 Å². The summed E-state index contributed by atoms with van der Waals surface area (Å²) in [5.74, 6) is 2.26. The Balaban J connectivity index is 0.000000110. The number of nitrogens with one attached hydrogen (secondary N) is 4. The number of ether oxygens (including phenoxy) is 4. The number of rotatable bonds is 20. The number of hydrogen-bond donors (Lipinski definition) is 4. The molecule has 39 heteroatoms. The Morgan fingerprint density at radius 2 is 0.680 bits per heavy atom. The van der Waals surface area contributed by atoms with Crippen molar-refractivity contribution in [2.75, 3.05) is 146 Å². The lowest BCUT2D eigenvalue weighted by molar-refractivity contribution is -0.119. The largest absolute Gasteiger partial charge is 0.449 e. The van der Waals surface area contributed by atoms with Crippen molar-refractivity contribution in [2.24, 2.45) is 27.0 Å². The number of aryl methyl sites for hydroxylation is 1. The van der Waals surface area contributed by atoms with E-state index in [1.165, 1.54) is 22.7 Å². The Morgan fingerprint density at radius 1 is 0.333 bits per heavy atom. The standard InChI is InChI=1S/C30H25N5O4.C29H24N6O3S.C26H22BrN5O3S.C26H25N7O3/c36-23-18-20-10-4-5-11-21(20)25(19-8-2-1-3-9-19)31-28(23)32-30-34-33-29(39-30)27-26(35-14-16-37-17-15-35)22-12-6-7-13-24(22)38-27;36-22-17-19-9-4-5-10-20(19)23(18-7-2-1-3-8-18)31-26(22)32-29-34-33-27(38-29)25-24(35-13-15-37-16-14-35)21-11-6-12-30-28(21)39-25;27-21-15-19(32-10-12-34-13-11-32)23(36-21)25-30-31-26(35-25)29-24-20(33)14-17-8-4-5-9-18(17)22(28-24)16-6-2-1-3-7-16;1-32-16-20(24(31-32)33-11-13-35-14-12-33)25-29-30-26(36-25)28-23-21(34)15-18-9-5-6-10-19(18)22(27-23)17-7-3-2-4-8-17/h1-13,28H,14-18H2,(H,32,34);1-12,26H,13-17H2,(H,32,34);1-9,15,24H,10-14H2,(H,29,31);2-10,16,23H,11-15H2,1H3,(H,28,30)/t28-;26-;24-;23-/m1111/s1. The van der Waals surface area contributed by atoms with Crippen LogP contribution in [0.1, 0.15) is 66.8 Å². The van der Waals surface area contributed by atoms with Crippen molar-refractivity contribution in [3.63, 3.8) is 0 Å². The van der Waals surface area contributed by atoms with Gasteiger partial charge < -0.3 is 81.9 Å². The van der Waals surface area contributed by atoms with Gasteiger partial charge in [0.1, 0.15) is 25.7 Å². The predicted octanol–water partition coefficient (Wildman–Crippen LogP) is 16.8. The second kappa shape index (κ2) is 44.1. The number of aromatic nitrogens is 11. The van der Waals surface area contributed by atoms with E-state index in [1.807, 2.05) is 262 Å². The van der Waals surface area contributed by atoms with Crippen LogP contribution in [0, 0.1) is 0 Å². The van der Waals surface area contributed by atoms with Gasteiger partial charge in [0.2, 0.25) is 5.76 Å². The first-order valence-electron chi connectivity index (χ1n) is 49.2. The summed E-state index contributed by atoms with van der Waals surface area (Å²) in [4.78, 5) is 88.5. The average Bonchev–Trinajstić information content (AvgIpc) is 1.62. The number of furan rings is 1. The van der Waals surface area contributed by atoms with Crippen LogP contribution in [0.2, 0.25) is 0 Å². The minimum absolute atomic E-state index is 0.0685. The maximum absolute atomic E-state index is 13.3. The van der Waals surface area contributed by atoms with Gasteiger partial charge in [0.25, 0.3) is 23.6 Å². The van der Waals surface area contributed by atoms with Crippen molar-refractivity contribution in [1.82, 2.24) is 55.6 Å². The number of aliphatic imine (C=N–C) groups is 4. The van der Waals surface area contributed by atoms with Gasteiger partial charge >= 0.3 is 24.1 Å². The number of nitrogens with zero attached hydrogens (tertiary/aromatic N) is 19. The van der Waals surface area contributed by atoms with Crippen molar-refractivity contribution >= 4 is 153 Å². The van der Waals surface area contributed by atoms with E-state index in [9.17, 15) is 19.2 Å². The molecule has 36 nitrogen and oxygen atoms in total. The van der Waals surface area contributed by atoms with Crippen LogP contribution < -0.4 is 40.9 Å². The third kappa shape index (κ3) is 21.0. The molecule has 18 aromatic rings. The molecule has 26 rings (SSSR count). The van der Waals surface area contributed by atoms with E-state index in [0.29, 0.717) is 76.3 Å². The summed E-state index contributed by atoms with van der Waals surface area (Å²) in [5, 5.41) is 52.9. The molecule has 752 valence electrons. The molecule has 0 aliphatic carbocycles.